The lowest BCUT2D eigenvalue weighted by atomic mass is 10.0. The van der Waals surface area contributed by atoms with E-state index >= 15 is 0 Å². The molecule has 0 bridgehead atoms. The van der Waals surface area contributed by atoms with E-state index in [-0.39, 0.29) is 6.04 Å². The monoisotopic (exact) mass is 434 g/mol. The van der Waals surface area contributed by atoms with Gasteiger partial charge in [-0.15, -0.1) is 0 Å². The number of hydrogen-bond donors (Lipinski definition) is 0. The van der Waals surface area contributed by atoms with Crippen LogP contribution in [0, 0.1) is 11.8 Å². The van der Waals surface area contributed by atoms with Crippen molar-refractivity contribution in [2.24, 2.45) is 11.8 Å². The molecule has 3 aliphatic rings. The fourth-order valence-electron chi connectivity index (χ4n) is 5.52. The van der Waals surface area contributed by atoms with E-state index in [2.05, 4.69) is 10.00 Å². The minimum Gasteiger partial charge on any atom is -0.380 e. The number of halogens is 3. The highest BCUT2D eigenvalue weighted by molar-refractivity contribution is 5.56. The second kappa shape index (κ2) is 7.89. The number of fused-ring (bicyclic) bond motifs is 1. The quantitative estimate of drug-likeness (QED) is 0.696. The summed E-state index contributed by atoms with van der Waals surface area (Å²) in [6, 6.07) is 6.05. The Morgan fingerprint density at radius 3 is 2.58 bits per heavy atom. The third-order valence-corrected chi connectivity index (χ3v) is 7.09. The van der Waals surface area contributed by atoms with Crippen LogP contribution in [0.25, 0.3) is 11.4 Å². The molecule has 5 rings (SSSR count). The first kappa shape index (κ1) is 20.9. The van der Waals surface area contributed by atoms with E-state index in [0.29, 0.717) is 35.2 Å². The lowest BCUT2D eigenvalue weighted by molar-refractivity contribution is -0.137. The standard InChI is InChI=1S/C23H29F3N4O/c1-14(2)30-22(27-21(28-30)15-5-3-6-16(11-15)23(24,25)26)20-18-12-17(13-19(18)20)29-7-4-9-31-10-8-29/h3,5-6,11,14,17-20H,4,7-10,12-13H2,1-2H3. The lowest BCUT2D eigenvalue weighted by Gasteiger charge is -2.28. The molecule has 2 saturated carbocycles. The van der Waals surface area contributed by atoms with E-state index in [4.69, 9.17) is 9.72 Å². The van der Waals surface area contributed by atoms with Crippen molar-refractivity contribution >= 4 is 0 Å². The molecule has 5 nitrogen and oxygen atoms in total. The average Bonchev–Trinajstić information content (AvgIpc) is 3.07. The zero-order valence-electron chi connectivity index (χ0n) is 18.0. The van der Waals surface area contributed by atoms with Crippen LogP contribution >= 0.6 is 0 Å². The maximum absolute atomic E-state index is 13.1. The highest BCUT2D eigenvalue weighted by atomic mass is 19.4. The molecular weight excluding hydrogens is 405 g/mol. The zero-order chi connectivity index (χ0) is 21.8. The van der Waals surface area contributed by atoms with Crippen LogP contribution in [0.3, 0.4) is 0 Å². The molecule has 0 amide bonds. The van der Waals surface area contributed by atoms with E-state index < -0.39 is 11.7 Å². The Bertz CT molecular complexity index is 921. The number of rotatable bonds is 4. The van der Waals surface area contributed by atoms with Gasteiger partial charge in [-0.3, -0.25) is 4.90 Å². The first-order valence-electron chi connectivity index (χ1n) is 11.3. The fourth-order valence-corrected chi connectivity index (χ4v) is 5.52. The van der Waals surface area contributed by atoms with Crippen molar-refractivity contribution in [3.8, 4) is 11.4 Å². The van der Waals surface area contributed by atoms with Gasteiger partial charge in [-0.25, -0.2) is 9.67 Å². The van der Waals surface area contributed by atoms with Crippen molar-refractivity contribution in [3.05, 3.63) is 35.7 Å². The third-order valence-electron chi connectivity index (χ3n) is 7.09. The van der Waals surface area contributed by atoms with Gasteiger partial charge in [0.1, 0.15) is 5.82 Å². The normalized spacial score (nSPS) is 29.2. The van der Waals surface area contributed by atoms with Crippen LogP contribution in [-0.4, -0.2) is 52.0 Å². The molecule has 1 aliphatic heterocycles. The Labute approximate surface area is 180 Å². The molecule has 1 saturated heterocycles. The van der Waals surface area contributed by atoms with Gasteiger partial charge in [-0.1, -0.05) is 12.1 Å². The summed E-state index contributed by atoms with van der Waals surface area (Å²) < 4.78 is 47.0. The van der Waals surface area contributed by atoms with Gasteiger partial charge in [0.05, 0.1) is 12.2 Å². The summed E-state index contributed by atoms with van der Waals surface area (Å²) in [6.07, 6.45) is -0.948. The van der Waals surface area contributed by atoms with Gasteiger partial charge in [0.2, 0.25) is 0 Å². The average molecular weight is 435 g/mol. The highest BCUT2D eigenvalue weighted by Gasteiger charge is 2.59. The molecule has 2 aliphatic carbocycles. The predicted octanol–water partition coefficient (Wildman–Crippen LogP) is 4.76. The largest absolute Gasteiger partial charge is 0.416 e. The Morgan fingerprint density at radius 1 is 1.10 bits per heavy atom. The summed E-state index contributed by atoms with van der Waals surface area (Å²) in [5.74, 6) is 2.90. The maximum Gasteiger partial charge on any atom is 0.416 e. The first-order valence-corrected chi connectivity index (χ1v) is 11.3. The zero-order valence-corrected chi connectivity index (χ0v) is 18.0. The molecule has 0 radical (unpaired) electrons. The summed E-state index contributed by atoms with van der Waals surface area (Å²) in [7, 11) is 0. The minimum absolute atomic E-state index is 0.113. The number of ether oxygens (including phenoxy) is 1. The second-order valence-electron chi connectivity index (χ2n) is 9.39. The number of hydrogen-bond acceptors (Lipinski definition) is 4. The predicted molar refractivity (Wildman–Crippen MR) is 111 cm³/mol. The lowest BCUT2D eigenvalue weighted by Crippen LogP contribution is -2.36. The van der Waals surface area contributed by atoms with Crippen molar-refractivity contribution in [1.29, 1.82) is 0 Å². The molecule has 2 heterocycles. The van der Waals surface area contributed by atoms with Crippen LogP contribution in [-0.2, 0) is 10.9 Å². The van der Waals surface area contributed by atoms with Crippen molar-refractivity contribution in [2.75, 3.05) is 26.3 Å². The Hall–Kier alpha value is -1.93. The molecule has 2 atom stereocenters. The summed E-state index contributed by atoms with van der Waals surface area (Å²) >= 11 is 0. The molecule has 8 heteroatoms. The topological polar surface area (TPSA) is 43.2 Å². The Balaban J connectivity index is 1.35. The molecule has 2 aromatic rings. The van der Waals surface area contributed by atoms with Gasteiger partial charge in [-0.2, -0.15) is 18.3 Å². The van der Waals surface area contributed by atoms with Crippen LogP contribution in [0.15, 0.2) is 24.3 Å². The highest BCUT2D eigenvalue weighted by Crippen LogP contribution is 2.63. The van der Waals surface area contributed by atoms with E-state index in [1.165, 1.54) is 18.9 Å². The van der Waals surface area contributed by atoms with Gasteiger partial charge in [0.25, 0.3) is 0 Å². The molecule has 0 spiro atoms. The van der Waals surface area contributed by atoms with Crippen molar-refractivity contribution in [1.82, 2.24) is 19.7 Å². The van der Waals surface area contributed by atoms with Gasteiger partial charge in [-0.05, 0) is 57.1 Å². The van der Waals surface area contributed by atoms with Crippen LogP contribution in [0.5, 0.6) is 0 Å². The van der Waals surface area contributed by atoms with E-state index in [1.54, 1.807) is 6.07 Å². The number of benzene rings is 1. The summed E-state index contributed by atoms with van der Waals surface area (Å²) in [4.78, 5) is 7.35. The fraction of sp³-hybridized carbons (Fsp3) is 0.652. The number of alkyl halides is 3. The Morgan fingerprint density at radius 2 is 1.87 bits per heavy atom. The molecule has 3 fully saturated rings. The van der Waals surface area contributed by atoms with Gasteiger partial charge >= 0.3 is 6.18 Å². The number of aromatic nitrogens is 3. The molecule has 31 heavy (non-hydrogen) atoms. The van der Waals surface area contributed by atoms with E-state index in [0.717, 1.165) is 50.7 Å². The molecule has 168 valence electrons. The number of nitrogens with zero attached hydrogens (tertiary/aromatic N) is 4. The summed E-state index contributed by atoms with van der Waals surface area (Å²) in [5, 5.41) is 4.62. The third kappa shape index (κ3) is 4.00. The van der Waals surface area contributed by atoms with Crippen molar-refractivity contribution < 1.29 is 17.9 Å². The molecule has 0 N–H and O–H groups in total. The minimum atomic E-state index is -4.37. The van der Waals surface area contributed by atoms with Crippen LogP contribution in [0.2, 0.25) is 0 Å². The van der Waals surface area contributed by atoms with Crippen LogP contribution in [0.1, 0.15) is 56.5 Å². The first-order chi connectivity index (χ1) is 14.8. The van der Waals surface area contributed by atoms with Crippen molar-refractivity contribution in [2.45, 2.75) is 57.3 Å². The van der Waals surface area contributed by atoms with E-state index in [1.807, 2.05) is 18.5 Å². The maximum atomic E-state index is 13.1. The van der Waals surface area contributed by atoms with Gasteiger partial charge < -0.3 is 4.74 Å². The summed E-state index contributed by atoms with van der Waals surface area (Å²) in [6.45, 7) is 7.89. The SMILES string of the molecule is CC(C)n1nc(-c2cccc(C(F)(F)F)c2)nc1C1C2CC(N3CCCOCC3)CC21. The molecule has 1 aromatic heterocycles. The summed E-state index contributed by atoms with van der Waals surface area (Å²) in [5.41, 5.74) is -0.247. The Kier molecular flexibility index (Phi) is 5.33. The molecule has 2 unspecified atom stereocenters. The van der Waals surface area contributed by atoms with Gasteiger partial charge in [0.15, 0.2) is 5.82 Å². The van der Waals surface area contributed by atoms with Crippen LogP contribution in [0.4, 0.5) is 13.2 Å². The van der Waals surface area contributed by atoms with Gasteiger partial charge in [0, 0.05) is 43.3 Å². The molecular formula is C23H29F3N4O. The second-order valence-corrected chi connectivity index (χ2v) is 9.39. The van der Waals surface area contributed by atoms with Crippen molar-refractivity contribution in [3.63, 3.8) is 0 Å². The van der Waals surface area contributed by atoms with Crippen LogP contribution < -0.4 is 0 Å². The smallest absolute Gasteiger partial charge is 0.380 e. The van der Waals surface area contributed by atoms with E-state index in [9.17, 15) is 13.2 Å². The molecule has 1 aromatic carbocycles.